The summed E-state index contributed by atoms with van der Waals surface area (Å²) in [6.07, 6.45) is 1.27. The van der Waals surface area contributed by atoms with Crippen molar-refractivity contribution in [3.8, 4) is 17.2 Å². The summed E-state index contributed by atoms with van der Waals surface area (Å²) >= 11 is 5.96. The second-order valence-electron chi connectivity index (χ2n) is 6.15. The number of aromatic nitrogens is 1. The number of hydrogen-bond acceptors (Lipinski definition) is 6. The molecule has 0 spiro atoms. The molecule has 1 heterocycles. The molecule has 10 heteroatoms. The molecule has 1 aromatic heterocycles. The summed E-state index contributed by atoms with van der Waals surface area (Å²) in [6, 6.07) is 10.5. The van der Waals surface area contributed by atoms with Crippen LogP contribution in [0.2, 0.25) is 5.02 Å². The van der Waals surface area contributed by atoms with E-state index in [4.69, 9.17) is 16.0 Å². The molecule has 0 aliphatic heterocycles. The number of aliphatic imine (C=N–C) groups is 1. The van der Waals surface area contributed by atoms with Crippen molar-refractivity contribution in [3.63, 3.8) is 0 Å². The van der Waals surface area contributed by atoms with Gasteiger partial charge >= 0.3 is 5.69 Å². The number of hydrogen-bond donors (Lipinski definition) is 1. The van der Waals surface area contributed by atoms with E-state index >= 15 is 0 Å². The van der Waals surface area contributed by atoms with Crippen molar-refractivity contribution in [3.05, 3.63) is 80.9 Å². The number of rotatable bonds is 4. The number of phenols is 1. The number of fused-ring (bicyclic) bond motifs is 1. The highest BCUT2D eigenvalue weighted by atomic mass is 35.5. The monoisotopic (exact) mass is 429 g/mol. The number of para-hydroxylation sites is 1. The average molecular weight is 430 g/mol. The summed E-state index contributed by atoms with van der Waals surface area (Å²) in [6.45, 7) is 0. The Hall–Kier alpha value is -3.85. The third kappa shape index (κ3) is 3.58. The maximum absolute atomic E-state index is 13.6. The van der Waals surface area contributed by atoms with E-state index in [1.807, 2.05) is 0 Å². The Labute approximate surface area is 172 Å². The third-order valence-electron chi connectivity index (χ3n) is 4.21. The molecule has 0 atom stereocenters. The van der Waals surface area contributed by atoms with Gasteiger partial charge in [0.25, 0.3) is 0 Å². The van der Waals surface area contributed by atoms with Crippen molar-refractivity contribution in [1.82, 2.24) is 4.98 Å². The molecule has 0 unspecified atom stereocenters. The maximum atomic E-state index is 13.6. The Morgan fingerprint density at radius 1 is 1.17 bits per heavy atom. The maximum Gasteiger partial charge on any atom is 0.311 e. The summed E-state index contributed by atoms with van der Waals surface area (Å²) < 4.78 is 32.4. The number of nitro benzene ring substituents is 1. The van der Waals surface area contributed by atoms with Gasteiger partial charge in [-0.3, -0.25) is 15.1 Å². The van der Waals surface area contributed by atoms with Gasteiger partial charge in [0.15, 0.2) is 17.2 Å². The van der Waals surface area contributed by atoms with Crippen LogP contribution in [0.4, 0.5) is 20.2 Å². The molecular formula is C20H10ClF2N3O4. The van der Waals surface area contributed by atoms with Crippen LogP contribution in [0.5, 0.6) is 5.75 Å². The lowest BCUT2D eigenvalue weighted by Gasteiger charge is -2.00. The van der Waals surface area contributed by atoms with Gasteiger partial charge in [-0.25, -0.2) is 13.8 Å². The smallest absolute Gasteiger partial charge is 0.311 e. The number of nitro groups is 1. The molecule has 0 saturated heterocycles. The highest BCUT2D eigenvalue weighted by Gasteiger charge is 2.17. The molecule has 3 aromatic carbocycles. The molecule has 0 aliphatic rings. The number of aromatic hydroxyl groups is 1. The minimum Gasteiger partial charge on any atom is -0.502 e. The summed E-state index contributed by atoms with van der Waals surface area (Å²) in [4.78, 5) is 18.6. The Morgan fingerprint density at radius 2 is 1.93 bits per heavy atom. The first-order valence-electron chi connectivity index (χ1n) is 8.39. The lowest BCUT2D eigenvalue weighted by atomic mass is 10.2. The zero-order valence-electron chi connectivity index (χ0n) is 14.8. The van der Waals surface area contributed by atoms with Crippen molar-refractivity contribution in [2.45, 2.75) is 0 Å². The van der Waals surface area contributed by atoms with E-state index in [-0.39, 0.29) is 22.0 Å². The van der Waals surface area contributed by atoms with Crippen LogP contribution in [-0.2, 0) is 0 Å². The van der Waals surface area contributed by atoms with Gasteiger partial charge in [0.2, 0.25) is 11.6 Å². The van der Waals surface area contributed by atoms with E-state index in [0.29, 0.717) is 16.8 Å². The fourth-order valence-electron chi connectivity index (χ4n) is 2.74. The number of phenolic OH excluding ortho intramolecular Hbond substituents is 1. The van der Waals surface area contributed by atoms with Crippen LogP contribution in [0.1, 0.15) is 5.56 Å². The first kappa shape index (κ1) is 19.5. The van der Waals surface area contributed by atoms with Gasteiger partial charge in [-0.2, -0.15) is 0 Å². The van der Waals surface area contributed by atoms with E-state index in [2.05, 4.69) is 9.98 Å². The fraction of sp³-hybridized carbons (Fsp3) is 0. The van der Waals surface area contributed by atoms with Gasteiger partial charge in [0.1, 0.15) is 5.52 Å². The molecule has 30 heavy (non-hydrogen) atoms. The number of halogens is 3. The molecular weight excluding hydrogens is 420 g/mol. The van der Waals surface area contributed by atoms with Crippen LogP contribution < -0.4 is 0 Å². The second kappa shape index (κ2) is 7.53. The fourth-order valence-corrected chi connectivity index (χ4v) is 2.97. The van der Waals surface area contributed by atoms with Crippen molar-refractivity contribution in [2.75, 3.05) is 0 Å². The standard InChI is InChI=1S/C20H10ClF2N3O4/c21-13-8-15(23)14(22)7-12(13)20-25-16-6-11(4-5-18(16)30-20)24-9-10-2-1-3-17(19(10)27)26(28)29/h1-9,27H. The van der Waals surface area contributed by atoms with Crippen molar-refractivity contribution >= 4 is 40.3 Å². The molecule has 0 bridgehead atoms. The highest BCUT2D eigenvalue weighted by Crippen LogP contribution is 2.33. The Bertz CT molecular complexity index is 1340. The SMILES string of the molecule is O=[N+]([O-])c1cccc(C=Nc2ccc3oc(-c4cc(F)c(F)cc4Cl)nc3c2)c1O. The molecule has 4 rings (SSSR count). The van der Waals surface area contributed by atoms with Crippen molar-refractivity contribution in [2.24, 2.45) is 4.99 Å². The summed E-state index contributed by atoms with van der Waals surface area (Å²) in [5.74, 6) is -2.66. The Morgan fingerprint density at radius 3 is 2.70 bits per heavy atom. The molecule has 0 fully saturated rings. The Kier molecular flexibility index (Phi) is 4.88. The van der Waals surface area contributed by atoms with Crippen LogP contribution in [0.15, 0.2) is 57.9 Å². The zero-order chi connectivity index (χ0) is 21.4. The summed E-state index contributed by atoms with van der Waals surface area (Å²) in [7, 11) is 0. The van der Waals surface area contributed by atoms with Gasteiger partial charge in [-0.1, -0.05) is 17.7 Å². The zero-order valence-corrected chi connectivity index (χ0v) is 15.6. The van der Waals surface area contributed by atoms with Gasteiger partial charge in [-0.05, 0) is 36.4 Å². The predicted molar refractivity (Wildman–Crippen MR) is 106 cm³/mol. The molecule has 0 aliphatic carbocycles. The van der Waals surface area contributed by atoms with Gasteiger partial charge < -0.3 is 9.52 Å². The average Bonchev–Trinajstić information content (AvgIpc) is 3.12. The lowest BCUT2D eigenvalue weighted by Crippen LogP contribution is -1.91. The molecule has 1 N–H and O–H groups in total. The van der Waals surface area contributed by atoms with E-state index in [1.165, 1.54) is 24.4 Å². The second-order valence-corrected chi connectivity index (χ2v) is 6.55. The highest BCUT2D eigenvalue weighted by molar-refractivity contribution is 6.33. The van der Waals surface area contributed by atoms with Crippen LogP contribution >= 0.6 is 11.6 Å². The van der Waals surface area contributed by atoms with E-state index in [9.17, 15) is 24.0 Å². The first-order chi connectivity index (χ1) is 14.3. The minimum atomic E-state index is -1.08. The number of nitrogens with zero attached hydrogens (tertiary/aromatic N) is 3. The van der Waals surface area contributed by atoms with Crippen LogP contribution in [0, 0.1) is 21.7 Å². The molecule has 0 amide bonds. The number of benzene rings is 3. The summed E-state index contributed by atoms with van der Waals surface area (Å²) in [5, 5.41) is 20.8. The number of oxazole rings is 1. The van der Waals surface area contributed by atoms with Gasteiger partial charge in [-0.15, -0.1) is 0 Å². The van der Waals surface area contributed by atoms with E-state index in [0.717, 1.165) is 12.1 Å². The lowest BCUT2D eigenvalue weighted by molar-refractivity contribution is -0.385. The third-order valence-corrected chi connectivity index (χ3v) is 4.52. The molecule has 0 radical (unpaired) electrons. The first-order valence-corrected chi connectivity index (χ1v) is 8.77. The summed E-state index contributed by atoms with van der Waals surface area (Å²) in [5.41, 5.74) is 0.993. The van der Waals surface area contributed by atoms with E-state index in [1.54, 1.807) is 18.2 Å². The van der Waals surface area contributed by atoms with Crippen molar-refractivity contribution in [1.29, 1.82) is 0 Å². The molecule has 0 saturated carbocycles. The Balaban J connectivity index is 1.69. The topological polar surface area (TPSA) is 102 Å². The van der Waals surface area contributed by atoms with Gasteiger partial charge in [0.05, 0.1) is 21.2 Å². The molecule has 4 aromatic rings. The normalized spacial score (nSPS) is 11.4. The predicted octanol–water partition coefficient (Wildman–Crippen LogP) is 5.79. The molecule has 7 nitrogen and oxygen atoms in total. The minimum absolute atomic E-state index is 0.00589. The molecule has 150 valence electrons. The van der Waals surface area contributed by atoms with E-state index < -0.39 is 28.0 Å². The van der Waals surface area contributed by atoms with Crippen molar-refractivity contribution < 1.29 is 23.2 Å². The van der Waals surface area contributed by atoms with Gasteiger partial charge in [0, 0.05) is 17.8 Å². The van der Waals surface area contributed by atoms with Crippen LogP contribution in [0.3, 0.4) is 0 Å². The van der Waals surface area contributed by atoms with Crippen LogP contribution in [0.25, 0.3) is 22.6 Å². The largest absolute Gasteiger partial charge is 0.502 e. The van der Waals surface area contributed by atoms with Crippen LogP contribution in [-0.4, -0.2) is 21.2 Å². The quantitative estimate of drug-likeness (QED) is 0.191.